The molecule has 4 nitrogen and oxygen atoms in total. The quantitative estimate of drug-likeness (QED) is 0.699. The summed E-state index contributed by atoms with van der Waals surface area (Å²) in [5.74, 6) is 1.77. The number of likely N-dealkylation sites (N-methyl/N-ethyl adjacent to an activating group) is 1. The Morgan fingerprint density at radius 1 is 0.818 bits per heavy atom. The van der Waals surface area contributed by atoms with Crippen LogP contribution in [0, 0.1) is 0 Å². The van der Waals surface area contributed by atoms with Crippen molar-refractivity contribution in [2.45, 2.75) is 6.42 Å². The Labute approximate surface area is 132 Å². The molecular weight excluding hydrogens is 276 g/mol. The van der Waals surface area contributed by atoms with Gasteiger partial charge in [-0.1, -0.05) is 24.3 Å². The average molecular weight is 300 g/mol. The van der Waals surface area contributed by atoms with Gasteiger partial charge in [-0.3, -0.25) is 0 Å². The number of hydrogen-bond acceptors (Lipinski definition) is 4. The second-order valence-corrected chi connectivity index (χ2v) is 4.99. The molecule has 22 heavy (non-hydrogen) atoms. The summed E-state index contributed by atoms with van der Waals surface area (Å²) < 4.78 is 11.2. The second kappa shape index (κ2) is 9.07. The van der Waals surface area contributed by atoms with Crippen molar-refractivity contribution in [1.29, 1.82) is 0 Å². The molecule has 0 saturated heterocycles. The van der Waals surface area contributed by atoms with E-state index in [-0.39, 0.29) is 0 Å². The van der Waals surface area contributed by atoms with Crippen molar-refractivity contribution in [3.05, 3.63) is 48.5 Å². The van der Waals surface area contributed by atoms with Gasteiger partial charge < -0.3 is 20.5 Å². The Balaban J connectivity index is 1.93. The lowest BCUT2D eigenvalue weighted by molar-refractivity contribution is 0.313. The van der Waals surface area contributed by atoms with Crippen molar-refractivity contribution in [3.63, 3.8) is 0 Å². The lowest BCUT2D eigenvalue weighted by Gasteiger charge is -2.08. The monoisotopic (exact) mass is 300 g/mol. The summed E-state index contributed by atoms with van der Waals surface area (Å²) in [7, 11) is 1.91. The fraction of sp³-hybridized carbons (Fsp3) is 0.333. The molecule has 0 amide bonds. The Hall–Kier alpha value is -2.04. The van der Waals surface area contributed by atoms with E-state index in [0.29, 0.717) is 19.8 Å². The van der Waals surface area contributed by atoms with E-state index in [4.69, 9.17) is 15.2 Å². The molecule has 0 bridgehead atoms. The Bertz CT molecular complexity index is 487. The Kier molecular flexibility index (Phi) is 6.74. The van der Waals surface area contributed by atoms with Crippen molar-refractivity contribution in [1.82, 2.24) is 5.32 Å². The van der Waals surface area contributed by atoms with Gasteiger partial charge in [-0.05, 0) is 55.4 Å². The number of nitrogens with one attached hydrogen (secondary N) is 1. The molecule has 2 rings (SSSR count). The largest absolute Gasteiger partial charge is 0.494 e. The molecule has 0 aliphatic rings. The highest BCUT2D eigenvalue weighted by Gasteiger charge is 2.00. The zero-order valence-corrected chi connectivity index (χ0v) is 13.0. The van der Waals surface area contributed by atoms with Gasteiger partial charge in [0, 0.05) is 6.54 Å². The zero-order chi connectivity index (χ0) is 15.6. The molecule has 0 aliphatic carbocycles. The molecule has 0 radical (unpaired) electrons. The third kappa shape index (κ3) is 5.06. The minimum Gasteiger partial charge on any atom is -0.494 e. The lowest BCUT2D eigenvalue weighted by Crippen LogP contribution is -2.15. The summed E-state index contributed by atoms with van der Waals surface area (Å²) in [6.07, 6.45) is 0.872. The first-order valence-electron chi connectivity index (χ1n) is 7.64. The average Bonchev–Trinajstić information content (AvgIpc) is 2.57. The summed E-state index contributed by atoms with van der Waals surface area (Å²) in [5, 5.41) is 3.05. The molecule has 0 heterocycles. The number of nitrogens with two attached hydrogens (primary N) is 1. The fourth-order valence-electron chi connectivity index (χ4n) is 2.03. The maximum Gasteiger partial charge on any atom is 0.119 e. The van der Waals surface area contributed by atoms with Crippen molar-refractivity contribution in [2.24, 2.45) is 5.73 Å². The number of hydrogen-bond donors (Lipinski definition) is 2. The molecule has 2 aromatic carbocycles. The van der Waals surface area contributed by atoms with Gasteiger partial charge in [0.2, 0.25) is 0 Å². The summed E-state index contributed by atoms with van der Waals surface area (Å²) in [5.41, 5.74) is 7.77. The summed E-state index contributed by atoms with van der Waals surface area (Å²) >= 11 is 0. The van der Waals surface area contributed by atoms with Crippen LogP contribution >= 0.6 is 0 Å². The zero-order valence-electron chi connectivity index (χ0n) is 13.0. The molecule has 0 atom stereocenters. The van der Waals surface area contributed by atoms with Gasteiger partial charge in [-0.15, -0.1) is 0 Å². The highest BCUT2D eigenvalue weighted by molar-refractivity contribution is 5.64. The van der Waals surface area contributed by atoms with Gasteiger partial charge in [0.05, 0.1) is 6.61 Å². The van der Waals surface area contributed by atoms with Crippen LogP contribution in [0.3, 0.4) is 0 Å². The molecule has 0 aliphatic heterocycles. The third-order valence-corrected chi connectivity index (χ3v) is 3.28. The predicted molar refractivity (Wildman–Crippen MR) is 90.5 cm³/mol. The van der Waals surface area contributed by atoms with Crippen molar-refractivity contribution in [3.8, 4) is 22.6 Å². The van der Waals surface area contributed by atoms with Crippen LogP contribution in [0.4, 0.5) is 0 Å². The standard InChI is InChI=1S/C18H24N2O2/c1-20-12-14-22-18-9-5-16(6-10-18)15-3-7-17(8-4-15)21-13-2-11-19/h3-10,20H,2,11-14,19H2,1H3. The van der Waals surface area contributed by atoms with Gasteiger partial charge in [-0.25, -0.2) is 0 Å². The maximum atomic E-state index is 5.62. The van der Waals surface area contributed by atoms with E-state index in [9.17, 15) is 0 Å². The van der Waals surface area contributed by atoms with Gasteiger partial charge >= 0.3 is 0 Å². The van der Waals surface area contributed by atoms with E-state index in [0.717, 1.165) is 35.6 Å². The van der Waals surface area contributed by atoms with E-state index in [1.165, 1.54) is 0 Å². The molecule has 0 spiro atoms. The van der Waals surface area contributed by atoms with E-state index in [2.05, 4.69) is 29.6 Å². The van der Waals surface area contributed by atoms with E-state index in [1.807, 2.05) is 31.3 Å². The van der Waals surface area contributed by atoms with Crippen molar-refractivity contribution < 1.29 is 9.47 Å². The molecule has 2 aromatic rings. The minimum atomic E-state index is 0.654. The van der Waals surface area contributed by atoms with Gasteiger partial charge in [-0.2, -0.15) is 0 Å². The van der Waals surface area contributed by atoms with Crippen molar-refractivity contribution >= 4 is 0 Å². The maximum absolute atomic E-state index is 5.62. The van der Waals surface area contributed by atoms with E-state index >= 15 is 0 Å². The molecular formula is C18H24N2O2. The SMILES string of the molecule is CNCCOc1ccc(-c2ccc(OCCCN)cc2)cc1. The van der Waals surface area contributed by atoms with Crippen LogP contribution < -0.4 is 20.5 Å². The van der Waals surface area contributed by atoms with Crippen molar-refractivity contribution in [2.75, 3.05) is 33.4 Å². The van der Waals surface area contributed by atoms with Crippen LogP contribution in [0.2, 0.25) is 0 Å². The molecule has 4 heteroatoms. The third-order valence-electron chi connectivity index (χ3n) is 3.28. The molecule has 118 valence electrons. The van der Waals surface area contributed by atoms with E-state index < -0.39 is 0 Å². The first-order valence-corrected chi connectivity index (χ1v) is 7.64. The first-order chi connectivity index (χ1) is 10.8. The smallest absolute Gasteiger partial charge is 0.119 e. The summed E-state index contributed by atoms with van der Waals surface area (Å²) in [4.78, 5) is 0. The molecule has 0 aromatic heterocycles. The van der Waals surface area contributed by atoms with Crippen LogP contribution in [0.5, 0.6) is 11.5 Å². The first kappa shape index (κ1) is 16.3. The fourth-order valence-corrected chi connectivity index (χ4v) is 2.03. The Morgan fingerprint density at radius 3 is 1.77 bits per heavy atom. The predicted octanol–water partition coefficient (Wildman–Crippen LogP) is 2.68. The van der Waals surface area contributed by atoms with Crippen LogP contribution in [0.25, 0.3) is 11.1 Å². The van der Waals surface area contributed by atoms with Gasteiger partial charge in [0.15, 0.2) is 0 Å². The minimum absolute atomic E-state index is 0.654. The highest BCUT2D eigenvalue weighted by atomic mass is 16.5. The Morgan fingerprint density at radius 2 is 1.32 bits per heavy atom. The molecule has 0 saturated carbocycles. The number of rotatable bonds is 9. The number of ether oxygens (including phenoxy) is 2. The molecule has 0 fully saturated rings. The normalized spacial score (nSPS) is 10.5. The van der Waals surface area contributed by atoms with Crippen LogP contribution in [-0.2, 0) is 0 Å². The summed E-state index contributed by atoms with van der Waals surface area (Å²) in [6, 6.07) is 16.2. The topological polar surface area (TPSA) is 56.5 Å². The molecule has 0 unspecified atom stereocenters. The van der Waals surface area contributed by atoms with Crippen LogP contribution in [0.15, 0.2) is 48.5 Å². The highest BCUT2D eigenvalue weighted by Crippen LogP contribution is 2.24. The van der Waals surface area contributed by atoms with E-state index in [1.54, 1.807) is 0 Å². The number of benzene rings is 2. The second-order valence-electron chi connectivity index (χ2n) is 4.99. The van der Waals surface area contributed by atoms with Crippen LogP contribution in [-0.4, -0.2) is 33.4 Å². The van der Waals surface area contributed by atoms with Crippen LogP contribution in [0.1, 0.15) is 6.42 Å². The lowest BCUT2D eigenvalue weighted by atomic mass is 10.1. The van der Waals surface area contributed by atoms with Gasteiger partial charge in [0.25, 0.3) is 0 Å². The van der Waals surface area contributed by atoms with Gasteiger partial charge in [0.1, 0.15) is 18.1 Å². The summed E-state index contributed by atoms with van der Waals surface area (Å²) in [6.45, 7) is 2.83. The molecule has 3 N–H and O–H groups in total.